The molecule has 78 valence electrons. The molecule has 0 aromatic rings. The molecule has 0 saturated carbocycles. The van der Waals surface area contributed by atoms with Gasteiger partial charge in [0, 0.05) is 0 Å². The Morgan fingerprint density at radius 2 is 2.00 bits per heavy atom. The lowest BCUT2D eigenvalue weighted by atomic mass is 10.0. The van der Waals surface area contributed by atoms with Crippen LogP contribution in [0.5, 0.6) is 0 Å². The Labute approximate surface area is 82.7 Å². The Morgan fingerprint density at radius 3 is 2.54 bits per heavy atom. The van der Waals surface area contributed by atoms with E-state index in [2.05, 4.69) is 5.32 Å². The smallest absolute Gasteiger partial charge is 0.253 e. The summed E-state index contributed by atoms with van der Waals surface area (Å²) in [6.45, 7) is 2.30. The zero-order valence-electron chi connectivity index (χ0n) is 7.93. The Bertz CT molecular complexity index is 138. The fourth-order valence-electron chi connectivity index (χ4n) is 1.39. The molecule has 0 aliphatic carbocycles. The SMILES string of the molecule is CC(NCC1CCSCC1)C(F)F. The Balaban J connectivity index is 2.10. The maximum atomic E-state index is 12.1. The van der Waals surface area contributed by atoms with E-state index in [1.165, 1.54) is 24.3 Å². The van der Waals surface area contributed by atoms with Gasteiger partial charge in [-0.25, -0.2) is 8.78 Å². The van der Waals surface area contributed by atoms with Crippen LogP contribution in [0, 0.1) is 5.92 Å². The van der Waals surface area contributed by atoms with Gasteiger partial charge in [0.2, 0.25) is 0 Å². The Hall–Kier alpha value is 0.170. The van der Waals surface area contributed by atoms with E-state index in [0.717, 1.165) is 6.54 Å². The fraction of sp³-hybridized carbons (Fsp3) is 1.00. The van der Waals surface area contributed by atoms with Crippen LogP contribution in [0.2, 0.25) is 0 Å². The van der Waals surface area contributed by atoms with Crippen molar-refractivity contribution in [1.29, 1.82) is 0 Å². The molecular weight excluding hydrogens is 192 g/mol. The van der Waals surface area contributed by atoms with Crippen LogP contribution in [0.25, 0.3) is 0 Å². The standard InChI is InChI=1S/C9H17F2NS/c1-7(9(10)11)12-6-8-2-4-13-5-3-8/h7-9,12H,2-6H2,1H3. The van der Waals surface area contributed by atoms with E-state index in [1.807, 2.05) is 11.8 Å². The molecule has 0 amide bonds. The van der Waals surface area contributed by atoms with Crippen LogP contribution >= 0.6 is 11.8 Å². The first-order valence-electron chi connectivity index (χ1n) is 4.79. The lowest BCUT2D eigenvalue weighted by Gasteiger charge is -2.23. The third kappa shape index (κ3) is 4.27. The number of thioether (sulfide) groups is 1. The Kier molecular flexibility index (Phi) is 5.02. The van der Waals surface area contributed by atoms with Crippen LogP contribution in [0.15, 0.2) is 0 Å². The molecule has 1 N–H and O–H groups in total. The van der Waals surface area contributed by atoms with Crippen LogP contribution in [-0.2, 0) is 0 Å². The van der Waals surface area contributed by atoms with Gasteiger partial charge in [-0.05, 0) is 43.7 Å². The second kappa shape index (κ2) is 5.81. The molecule has 0 aromatic carbocycles. The topological polar surface area (TPSA) is 12.0 Å². The lowest BCUT2D eigenvalue weighted by molar-refractivity contribution is 0.104. The summed E-state index contributed by atoms with van der Waals surface area (Å²) in [5.74, 6) is 2.99. The van der Waals surface area contributed by atoms with Gasteiger partial charge in [0.15, 0.2) is 0 Å². The van der Waals surface area contributed by atoms with Crippen molar-refractivity contribution in [2.45, 2.75) is 32.2 Å². The van der Waals surface area contributed by atoms with Crippen LogP contribution in [0.4, 0.5) is 8.78 Å². The van der Waals surface area contributed by atoms with Gasteiger partial charge >= 0.3 is 0 Å². The average molecular weight is 209 g/mol. The van der Waals surface area contributed by atoms with Crippen molar-refractivity contribution in [3.8, 4) is 0 Å². The summed E-state index contributed by atoms with van der Waals surface area (Å²) in [4.78, 5) is 0. The third-order valence-electron chi connectivity index (χ3n) is 2.45. The van der Waals surface area contributed by atoms with E-state index >= 15 is 0 Å². The minimum Gasteiger partial charge on any atom is -0.309 e. The van der Waals surface area contributed by atoms with Crippen molar-refractivity contribution in [3.05, 3.63) is 0 Å². The van der Waals surface area contributed by atoms with Crippen molar-refractivity contribution in [2.75, 3.05) is 18.1 Å². The first-order valence-corrected chi connectivity index (χ1v) is 5.95. The molecule has 1 aliphatic rings. The summed E-state index contributed by atoms with van der Waals surface area (Å²) in [7, 11) is 0. The second-order valence-electron chi connectivity index (χ2n) is 3.59. The lowest BCUT2D eigenvalue weighted by Crippen LogP contribution is -2.37. The van der Waals surface area contributed by atoms with Gasteiger partial charge in [0.25, 0.3) is 6.43 Å². The largest absolute Gasteiger partial charge is 0.309 e. The van der Waals surface area contributed by atoms with Gasteiger partial charge in [0.05, 0.1) is 6.04 Å². The molecule has 4 heteroatoms. The number of alkyl halides is 2. The van der Waals surface area contributed by atoms with Gasteiger partial charge in [-0.15, -0.1) is 0 Å². The molecule has 1 saturated heterocycles. The molecular formula is C9H17F2NS. The molecule has 1 nitrogen and oxygen atoms in total. The molecule has 1 fully saturated rings. The van der Waals surface area contributed by atoms with E-state index in [9.17, 15) is 8.78 Å². The van der Waals surface area contributed by atoms with E-state index < -0.39 is 12.5 Å². The first kappa shape index (κ1) is 11.2. The predicted molar refractivity (Wildman–Crippen MR) is 53.5 cm³/mol. The van der Waals surface area contributed by atoms with Gasteiger partial charge < -0.3 is 5.32 Å². The minimum atomic E-state index is -2.24. The highest BCUT2D eigenvalue weighted by molar-refractivity contribution is 7.99. The highest BCUT2D eigenvalue weighted by Gasteiger charge is 2.17. The van der Waals surface area contributed by atoms with Gasteiger partial charge in [-0.3, -0.25) is 0 Å². The summed E-state index contributed by atoms with van der Waals surface area (Å²) in [5, 5.41) is 2.89. The minimum absolute atomic E-state index is 0.613. The zero-order valence-corrected chi connectivity index (χ0v) is 8.75. The molecule has 1 atom stereocenters. The normalized spacial score (nSPS) is 22.2. The maximum Gasteiger partial charge on any atom is 0.253 e. The number of rotatable bonds is 4. The summed E-state index contributed by atoms with van der Waals surface area (Å²) in [5.41, 5.74) is 0. The number of halogens is 2. The average Bonchev–Trinajstić information content (AvgIpc) is 2.15. The predicted octanol–water partition coefficient (Wildman–Crippen LogP) is 2.37. The molecule has 1 rings (SSSR count). The molecule has 13 heavy (non-hydrogen) atoms. The first-order chi connectivity index (χ1) is 6.20. The molecule has 1 aliphatic heterocycles. The number of hydrogen-bond acceptors (Lipinski definition) is 2. The molecule has 1 unspecified atom stereocenters. The maximum absolute atomic E-state index is 12.1. The summed E-state index contributed by atoms with van der Waals surface area (Å²) >= 11 is 1.96. The van der Waals surface area contributed by atoms with E-state index in [1.54, 1.807) is 6.92 Å². The van der Waals surface area contributed by atoms with Crippen LogP contribution in [0.3, 0.4) is 0 Å². The van der Waals surface area contributed by atoms with Crippen LogP contribution in [0.1, 0.15) is 19.8 Å². The van der Waals surface area contributed by atoms with Crippen LogP contribution < -0.4 is 5.32 Å². The number of hydrogen-bond donors (Lipinski definition) is 1. The Morgan fingerprint density at radius 1 is 1.38 bits per heavy atom. The van der Waals surface area contributed by atoms with Gasteiger partial charge in [-0.1, -0.05) is 0 Å². The monoisotopic (exact) mass is 209 g/mol. The highest BCUT2D eigenvalue weighted by Crippen LogP contribution is 2.22. The molecule has 0 radical (unpaired) electrons. The quantitative estimate of drug-likeness (QED) is 0.763. The van der Waals surface area contributed by atoms with Gasteiger partial charge in [0.1, 0.15) is 0 Å². The number of nitrogens with one attached hydrogen (secondary N) is 1. The van der Waals surface area contributed by atoms with Crippen molar-refractivity contribution in [3.63, 3.8) is 0 Å². The van der Waals surface area contributed by atoms with Crippen molar-refractivity contribution in [1.82, 2.24) is 5.32 Å². The van der Waals surface area contributed by atoms with Crippen molar-refractivity contribution >= 4 is 11.8 Å². The fourth-order valence-corrected chi connectivity index (χ4v) is 2.60. The summed E-state index contributed by atoms with van der Waals surface area (Å²) in [6.07, 6.45) is 0.110. The van der Waals surface area contributed by atoms with Crippen molar-refractivity contribution < 1.29 is 8.78 Å². The van der Waals surface area contributed by atoms with Gasteiger partial charge in [-0.2, -0.15) is 11.8 Å². The zero-order chi connectivity index (χ0) is 9.68. The van der Waals surface area contributed by atoms with E-state index in [0.29, 0.717) is 5.92 Å². The molecule has 0 spiro atoms. The second-order valence-corrected chi connectivity index (χ2v) is 4.81. The summed E-state index contributed by atoms with van der Waals surface area (Å²) in [6, 6.07) is -0.658. The summed E-state index contributed by atoms with van der Waals surface area (Å²) < 4.78 is 24.2. The van der Waals surface area contributed by atoms with E-state index in [-0.39, 0.29) is 0 Å². The molecule has 1 heterocycles. The molecule has 0 bridgehead atoms. The third-order valence-corrected chi connectivity index (χ3v) is 3.50. The molecule has 0 aromatic heterocycles. The van der Waals surface area contributed by atoms with Crippen molar-refractivity contribution in [2.24, 2.45) is 5.92 Å². The van der Waals surface area contributed by atoms with Crippen LogP contribution in [-0.4, -0.2) is 30.5 Å². The highest BCUT2D eigenvalue weighted by atomic mass is 32.2. The van der Waals surface area contributed by atoms with E-state index in [4.69, 9.17) is 0 Å².